The molecule has 0 aromatic heterocycles. The van der Waals surface area contributed by atoms with Crippen LogP contribution >= 0.6 is 0 Å². The van der Waals surface area contributed by atoms with E-state index in [1.54, 1.807) is 57.2 Å². The fourth-order valence-electron chi connectivity index (χ4n) is 8.29. The number of hydrogen-bond donors (Lipinski definition) is 3. The molecular formula is C39H48FN5O8. The van der Waals surface area contributed by atoms with Crippen LogP contribution in [0.3, 0.4) is 0 Å². The van der Waals surface area contributed by atoms with Crippen LogP contribution in [0.5, 0.6) is 5.75 Å². The molecule has 3 N–H and O–H groups in total. The highest BCUT2D eigenvalue weighted by Gasteiger charge is 2.68. The Kier molecular flexibility index (Phi) is 9.98. The Bertz CT molecular complexity index is 1750. The van der Waals surface area contributed by atoms with Gasteiger partial charge >= 0.3 is 12.2 Å². The monoisotopic (exact) mass is 733 g/mol. The van der Waals surface area contributed by atoms with Gasteiger partial charge < -0.3 is 29.8 Å². The highest BCUT2D eigenvalue weighted by atomic mass is 19.1. The zero-order valence-corrected chi connectivity index (χ0v) is 30.4. The van der Waals surface area contributed by atoms with Crippen molar-refractivity contribution in [3.63, 3.8) is 0 Å². The summed E-state index contributed by atoms with van der Waals surface area (Å²) in [6.07, 6.45) is 2.75. The highest BCUT2D eigenvalue weighted by Crippen LogP contribution is 2.61. The minimum absolute atomic E-state index is 0.0352. The molecule has 0 bridgehead atoms. The number of para-hydroxylation sites is 1. The van der Waals surface area contributed by atoms with E-state index in [0.29, 0.717) is 42.1 Å². The number of benzene rings is 2. The van der Waals surface area contributed by atoms with Crippen LogP contribution in [0.25, 0.3) is 0 Å². The number of rotatable bonds is 5. The third-order valence-electron chi connectivity index (χ3n) is 11.1. The Balaban J connectivity index is 1.13. The van der Waals surface area contributed by atoms with E-state index >= 15 is 0 Å². The van der Waals surface area contributed by atoms with Crippen molar-refractivity contribution < 1.29 is 42.7 Å². The van der Waals surface area contributed by atoms with Crippen LogP contribution < -0.4 is 21.0 Å². The van der Waals surface area contributed by atoms with Gasteiger partial charge in [-0.1, -0.05) is 56.0 Å². The van der Waals surface area contributed by atoms with Gasteiger partial charge in [0.25, 0.3) is 5.91 Å². The second kappa shape index (κ2) is 14.5. The molecular weight excluding hydrogens is 685 g/mol. The first kappa shape index (κ1) is 36.5. The Morgan fingerprint density at radius 3 is 2.49 bits per heavy atom. The predicted octanol–water partition coefficient (Wildman–Crippen LogP) is 4.73. The minimum atomic E-state index is -1.24. The molecule has 4 fully saturated rings. The average Bonchev–Trinajstić information content (AvgIpc) is 3.92. The molecule has 0 spiro atoms. The van der Waals surface area contributed by atoms with Gasteiger partial charge in [0.2, 0.25) is 11.8 Å². The standard InChI is InChI=1S/C39H48FN5O8/c1-38(2,3)52-36(49)41-31-16-9-4-6-11-23-17-27(23)29-19-39(29,35(48)43-53-25-13-7-5-8-14-25)42-33(46)32-18-26(21-45(32)34(31)47)51-37(50)44-20-24-12-10-15-30(40)28(24)22-44/h5,7-8,10,12-15,23,26-27,29,31-32H,4,6,9,11,16-22H2,1-3H3,(H,41,49)(H,42,46)(H,43,48)/t23?,26-,27?,29-,31+,32+,39-/m1/s1. The Labute approximate surface area is 308 Å². The lowest BCUT2D eigenvalue weighted by molar-refractivity contribution is -0.142. The maximum Gasteiger partial charge on any atom is 0.410 e. The van der Waals surface area contributed by atoms with Gasteiger partial charge in [-0.05, 0) is 81.5 Å². The van der Waals surface area contributed by atoms with Crippen molar-refractivity contribution in [1.82, 2.24) is 25.9 Å². The van der Waals surface area contributed by atoms with E-state index < -0.39 is 65.1 Å². The smallest absolute Gasteiger partial charge is 0.410 e. The molecule has 3 aliphatic heterocycles. The van der Waals surface area contributed by atoms with Crippen LogP contribution in [0.2, 0.25) is 0 Å². The molecule has 14 heteroatoms. The lowest BCUT2D eigenvalue weighted by Crippen LogP contribution is -2.58. The predicted molar refractivity (Wildman–Crippen MR) is 188 cm³/mol. The van der Waals surface area contributed by atoms with Gasteiger partial charge in [0.15, 0.2) is 5.75 Å². The molecule has 2 aromatic carbocycles. The van der Waals surface area contributed by atoms with Crippen molar-refractivity contribution in [1.29, 1.82) is 0 Å². The maximum atomic E-state index is 14.5. The molecule has 7 rings (SSSR count). The summed E-state index contributed by atoms with van der Waals surface area (Å²) in [5, 5.41) is 5.76. The fourth-order valence-corrected chi connectivity index (χ4v) is 8.29. The van der Waals surface area contributed by atoms with Gasteiger partial charge in [-0.3, -0.25) is 19.3 Å². The number of fused-ring (bicyclic) bond motifs is 5. The zero-order valence-electron chi connectivity index (χ0n) is 30.4. The topological polar surface area (TPSA) is 156 Å². The first-order valence-corrected chi connectivity index (χ1v) is 18.7. The summed E-state index contributed by atoms with van der Waals surface area (Å²) in [5.41, 5.74) is 1.61. The van der Waals surface area contributed by atoms with Crippen LogP contribution in [0.15, 0.2) is 48.5 Å². The number of hydroxylamine groups is 1. The Morgan fingerprint density at radius 2 is 1.74 bits per heavy atom. The summed E-state index contributed by atoms with van der Waals surface area (Å²) in [6, 6.07) is 11.4. The average molecular weight is 734 g/mol. The molecule has 7 atom stereocenters. The van der Waals surface area contributed by atoms with Gasteiger partial charge in [0, 0.05) is 18.5 Å². The van der Waals surface area contributed by atoms with Crippen molar-refractivity contribution in [3.05, 3.63) is 65.5 Å². The quantitative estimate of drug-likeness (QED) is 0.373. The number of ether oxygens (including phenoxy) is 2. The SMILES string of the molecule is CC(C)(C)OC(=O)N[C@H]1CCCCCC2CC2[C@H]2C[C@@]2(C(=O)NOc2ccccc2)NC(=O)[C@@H]2C[C@@H](OC(=O)N3Cc4cccc(F)c4C3)CN2C1=O. The van der Waals surface area contributed by atoms with Crippen LogP contribution in [0, 0.1) is 23.6 Å². The summed E-state index contributed by atoms with van der Waals surface area (Å²) < 4.78 is 25.8. The molecule has 2 unspecified atom stereocenters. The van der Waals surface area contributed by atoms with E-state index in [9.17, 15) is 28.4 Å². The van der Waals surface area contributed by atoms with E-state index in [4.69, 9.17) is 14.3 Å². The molecule has 53 heavy (non-hydrogen) atoms. The van der Waals surface area contributed by atoms with Crippen molar-refractivity contribution in [2.75, 3.05) is 6.54 Å². The first-order chi connectivity index (χ1) is 25.3. The molecule has 2 saturated heterocycles. The third kappa shape index (κ3) is 8.06. The Morgan fingerprint density at radius 1 is 0.962 bits per heavy atom. The van der Waals surface area contributed by atoms with Gasteiger partial charge in [0.1, 0.15) is 35.1 Å². The number of amides is 5. The largest absolute Gasteiger partial charge is 0.444 e. The van der Waals surface area contributed by atoms with Gasteiger partial charge in [-0.25, -0.2) is 14.0 Å². The van der Waals surface area contributed by atoms with Crippen molar-refractivity contribution in [2.45, 2.75) is 115 Å². The van der Waals surface area contributed by atoms with Crippen LogP contribution in [-0.4, -0.2) is 75.6 Å². The molecule has 2 aliphatic carbocycles. The van der Waals surface area contributed by atoms with Crippen molar-refractivity contribution >= 4 is 29.9 Å². The van der Waals surface area contributed by atoms with Gasteiger partial charge in [-0.2, -0.15) is 5.48 Å². The van der Waals surface area contributed by atoms with E-state index in [0.717, 1.165) is 25.7 Å². The Hall–Kier alpha value is -4.88. The van der Waals surface area contributed by atoms with E-state index in [1.165, 1.54) is 15.9 Å². The normalized spacial score (nSPS) is 29.5. The second-order valence-corrected chi connectivity index (χ2v) is 16.1. The van der Waals surface area contributed by atoms with E-state index in [-0.39, 0.29) is 37.9 Å². The molecule has 0 radical (unpaired) electrons. The first-order valence-electron chi connectivity index (χ1n) is 18.7. The molecule has 2 aromatic rings. The van der Waals surface area contributed by atoms with E-state index in [2.05, 4.69) is 16.1 Å². The number of halogens is 1. The molecule has 2 saturated carbocycles. The summed E-state index contributed by atoms with van der Waals surface area (Å²) in [6.45, 7) is 5.27. The van der Waals surface area contributed by atoms with Crippen LogP contribution in [0.4, 0.5) is 14.0 Å². The summed E-state index contributed by atoms with van der Waals surface area (Å²) >= 11 is 0. The van der Waals surface area contributed by atoms with Crippen molar-refractivity contribution in [2.24, 2.45) is 17.8 Å². The number of nitrogens with zero attached hydrogens (tertiary/aromatic N) is 2. The summed E-state index contributed by atoms with van der Waals surface area (Å²) in [5.74, 6) is -0.910. The van der Waals surface area contributed by atoms with E-state index in [1.807, 2.05) is 6.07 Å². The number of hydrogen-bond acceptors (Lipinski definition) is 8. The lowest BCUT2D eigenvalue weighted by Gasteiger charge is -2.30. The molecule has 5 amide bonds. The summed E-state index contributed by atoms with van der Waals surface area (Å²) in [4.78, 5) is 77.3. The lowest BCUT2D eigenvalue weighted by atomic mass is 10.0. The highest BCUT2D eigenvalue weighted by molar-refractivity contribution is 5.98. The number of carbonyl (C=O) groups excluding carboxylic acids is 5. The molecule has 284 valence electrons. The summed E-state index contributed by atoms with van der Waals surface area (Å²) in [7, 11) is 0. The van der Waals surface area contributed by atoms with Gasteiger partial charge in [0.05, 0.1) is 13.1 Å². The fraction of sp³-hybridized carbons (Fsp3) is 0.564. The van der Waals surface area contributed by atoms with Gasteiger partial charge in [-0.15, -0.1) is 0 Å². The van der Waals surface area contributed by atoms with Crippen LogP contribution in [0.1, 0.15) is 83.3 Å². The van der Waals surface area contributed by atoms with Crippen LogP contribution in [-0.2, 0) is 36.9 Å². The number of nitrogens with one attached hydrogen (secondary N) is 3. The second-order valence-electron chi connectivity index (χ2n) is 16.1. The molecule has 3 heterocycles. The zero-order chi connectivity index (χ0) is 37.5. The molecule has 5 aliphatic rings. The number of alkyl carbamates (subject to hydrolysis) is 1. The molecule has 13 nitrogen and oxygen atoms in total. The van der Waals surface area contributed by atoms with Crippen molar-refractivity contribution in [3.8, 4) is 5.75 Å². The minimum Gasteiger partial charge on any atom is -0.444 e. The third-order valence-corrected chi connectivity index (χ3v) is 11.1. The maximum absolute atomic E-state index is 14.5. The number of carbonyl (C=O) groups is 5.